The number of methoxy groups -OCH3 is 1. The first-order chi connectivity index (χ1) is 11.6. The average molecular weight is 351 g/mol. The van der Waals surface area contributed by atoms with Crippen molar-refractivity contribution in [1.29, 1.82) is 0 Å². The van der Waals surface area contributed by atoms with E-state index in [2.05, 4.69) is 4.98 Å². The van der Waals surface area contributed by atoms with Crippen LogP contribution < -0.4 is 10.5 Å². The number of nitrogens with two attached hydrogens (primary N) is 1. The highest BCUT2D eigenvalue weighted by Crippen LogP contribution is 2.32. The second-order valence-electron chi connectivity index (χ2n) is 5.93. The molecule has 2 N–H and O–H groups in total. The van der Waals surface area contributed by atoms with E-state index < -0.39 is 5.82 Å². The minimum atomic E-state index is -0.454. The van der Waals surface area contributed by atoms with Gasteiger partial charge in [0.25, 0.3) is 0 Å². The highest BCUT2D eigenvalue weighted by atomic mass is 35.5. The molecule has 3 rings (SSSR count). The SMILES string of the molecule is COc1ccc2ncc(Cl)c(C=CC[C@@H]3CC[C@@H](N)CO3)c2c1F. The number of pyridine rings is 1. The number of aromatic nitrogens is 1. The molecule has 0 amide bonds. The number of halogens is 2. The van der Waals surface area contributed by atoms with Crippen LogP contribution in [0.2, 0.25) is 5.02 Å². The van der Waals surface area contributed by atoms with Gasteiger partial charge in [-0.2, -0.15) is 0 Å². The number of hydrogen-bond acceptors (Lipinski definition) is 4. The largest absolute Gasteiger partial charge is 0.494 e. The molecule has 1 saturated heterocycles. The van der Waals surface area contributed by atoms with Crippen molar-refractivity contribution in [2.45, 2.75) is 31.4 Å². The van der Waals surface area contributed by atoms with Crippen LogP contribution >= 0.6 is 11.6 Å². The summed E-state index contributed by atoms with van der Waals surface area (Å²) in [6.45, 7) is 0.587. The van der Waals surface area contributed by atoms with Crippen molar-refractivity contribution in [3.05, 3.63) is 40.8 Å². The molecule has 0 saturated carbocycles. The average Bonchev–Trinajstić information content (AvgIpc) is 2.59. The van der Waals surface area contributed by atoms with E-state index in [-0.39, 0.29) is 17.9 Å². The summed E-state index contributed by atoms with van der Waals surface area (Å²) in [6.07, 6.45) is 8.09. The number of rotatable bonds is 4. The first-order valence-corrected chi connectivity index (χ1v) is 8.32. The van der Waals surface area contributed by atoms with Crippen LogP contribution in [-0.2, 0) is 4.74 Å². The zero-order chi connectivity index (χ0) is 17.1. The minimum absolute atomic E-state index is 0.130. The summed E-state index contributed by atoms with van der Waals surface area (Å²) in [5.74, 6) is -0.282. The van der Waals surface area contributed by atoms with Gasteiger partial charge in [-0.3, -0.25) is 4.98 Å². The molecule has 6 heteroatoms. The van der Waals surface area contributed by atoms with E-state index in [0.29, 0.717) is 28.1 Å². The van der Waals surface area contributed by atoms with Crippen LogP contribution in [0.4, 0.5) is 4.39 Å². The summed E-state index contributed by atoms with van der Waals surface area (Å²) >= 11 is 6.24. The Hall–Kier alpha value is -1.69. The molecule has 0 radical (unpaired) electrons. The van der Waals surface area contributed by atoms with Gasteiger partial charge >= 0.3 is 0 Å². The third-order valence-electron chi connectivity index (χ3n) is 4.24. The monoisotopic (exact) mass is 350 g/mol. The Morgan fingerprint density at radius 3 is 3.00 bits per heavy atom. The van der Waals surface area contributed by atoms with Crippen LogP contribution in [0, 0.1) is 5.82 Å². The van der Waals surface area contributed by atoms with Crippen molar-refractivity contribution >= 4 is 28.6 Å². The molecule has 1 fully saturated rings. The Labute approximate surface area is 145 Å². The van der Waals surface area contributed by atoms with Crippen molar-refractivity contribution in [2.24, 2.45) is 5.73 Å². The minimum Gasteiger partial charge on any atom is -0.494 e. The zero-order valence-electron chi connectivity index (χ0n) is 13.5. The van der Waals surface area contributed by atoms with Gasteiger partial charge in [0.15, 0.2) is 11.6 Å². The fraction of sp³-hybridized carbons (Fsp3) is 0.389. The number of hydrogen-bond donors (Lipinski definition) is 1. The molecule has 1 aliphatic heterocycles. The first-order valence-electron chi connectivity index (χ1n) is 7.94. The van der Waals surface area contributed by atoms with Gasteiger partial charge in [0.1, 0.15) is 0 Å². The molecule has 0 bridgehead atoms. The van der Waals surface area contributed by atoms with E-state index in [0.717, 1.165) is 19.3 Å². The van der Waals surface area contributed by atoms with Crippen LogP contribution in [0.25, 0.3) is 17.0 Å². The number of ether oxygens (including phenoxy) is 2. The van der Waals surface area contributed by atoms with Gasteiger partial charge in [-0.15, -0.1) is 0 Å². The van der Waals surface area contributed by atoms with Gasteiger partial charge < -0.3 is 15.2 Å². The summed E-state index contributed by atoms with van der Waals surface area (Å²) in [5.41, 5.74) is 6.96. The van der Waals surface area contributed by atoms with Crippen molar-refractivity contribution in [3.8, 4) is 5.75 Å². The highest BCUT2D eigenvalue weighted by Gasteiger charge is 2.18. The van der Waals surface area contributed by atoms with E-state index in [1.807, 2.05) is 12.2 Å². The van der Waals surface area contributed by atoms with Gasteiger partial charge in [0.05, 0.1) is 30.4 Å². The van der Waals surface area contributed by atoms with Crippen molar-refractivity contribution < 1.29 is 13.9 Å². The van der Waals surface area contributed by atoms with Crippen LogP contribution in [0.5, 0.6) is 5.75 Å². The van der Waals surface area contributed by atoms with Crippen molar-refractivity contribution in [2.75, 3.05) is 13.7 Å². The fourth-order valence-electron chi connectivity index (χ4n) is 2.90. The van der Waals surface area contributed by atoms with E-state index in [1.54, 1.807) is 12.1 Å². The Bertz CT molecular complexity index is 758. The molecule has 4 nitrogen and oxygen atoms in total. The maximum atomic E-state index is 14.6. The van der Waals surface area contributed by atoms with Crippen molar-refractivity contribution in [3.63, 3.8) is 0 Å². The molecule has 2 atom stereocenters. The smallest absolute Gasteiger partial charge is 0.175 e. The standard InChI is InChI=1S/C18H20ClFN2O2/c1-23-16-8-7-15-17(18(16)20)13(14(19)9-22-15)4-2-3-12-6-5-11(21)10-24-12/h2,4,7-9,11-12H,3,5-6,10,21H2,1H3/t11-,12-/m1/s1. The number of fused-ring (bicyclic) bond motifs is 1. The predicted molar refractivity (Wildman–Crippen MR) is 93.9 cm³/mol. The summed E-state index contributed by atoms with van der Waals surface area (Å²) in [7, 11) is 1.43. The van der Waals surface area contributed by atoms with E-state index in [1.165, 1.54) is 13.3 Å². The molecule has 2 heterocycles. The zero-order valence-corrected chi connectivity index (χ0v) is 14.2. The van der Waals surface area contributed by atoms with Gasteiger partial charge in [-0.1, -0.05) is 23.8 Å². The Morgan fingerprint density at radius 2 is 2.29 bits per heavy atom. The second-order valence-corrected chi connectivity index (χ2v) is 6.33. The van der Waals surface area contributed by atoms with Gasteiger partial charge in [0.2, 0.25) is 0 Å². The van der Waals surface area contributed by atoms with Crippen LogP contribution in [0.1, 0.15) is 24.8 Å². The fourth-order valence-corrected chi connectivity index (χ4v) is 3.10. The summed E-state index contributed by atoms with van der Waals surface area (Å²) in [5, 5.41) is 0.766. The normalized spacial score (nSPS) is 21.5. The van der Waals surface area contributed by atoms with E-state index >= 15 is 0 Å². The maximum Gasteiger partial charge on any atom is 0.175 e. The van der Waals surface area contributed by atoms with Gasteiger partial charge in [-0.25, -0.2) is 4.39 Å². The molecule has 0 spiro atoms. The molecular formula is C18H20ClFN2O2. The molecule has 128 valence electrons. The number of nitrogens with zero attached hydrogens (tertiary/aromatic N) is 1. The second kappa shape index (κ2) is 7.47. The van der Waals surface area contributed by atoms with Gasteiger partial charge in [0, 0.05) is 23.2 Å². The summed E-state index contributed by atoms with van der Waals surface area (Å²) in [4.78, 5) is 4.18. The molecule has 0 aliphatic carbocycles. The third-order valence-corrected chi connectivity index (χ3v) is 4.54. The van der Waals surface area contributed by atoms with Crippen LogP contribution in [-0.4, -0.2) is 30.8 Å². The lowest BCUT2D eigenvalue weighted by Crippen LogP contribution is -2.35. The highest BCUT2D eigenvalue weighted by molar-refractivity contribution is 6.33. The third kappa shape index (κ3) is 3.53. The molecule has 1 aromatic carbocycles. The summed E-state index contributed by atoms with van der Waals surface area (Å²) in [6, 6.07) is 3.41. The molecule has 0 unspecified atom stereocenters. The van der Waals surface area contributed by atoms with Crippen molar-refractivity contribution in [1.82, 2.24) is 4.98 Å². The Kier molecular flexibility index (Phi) is 5.33. The molecule has 2 aromatic rings. The summed E-state index contributed by atoms with van der Waals surface area (Å²) < 4.78 is 25.4. The van der Waals surface area contributed by atoms with Gasteiger partial charge in [-0.05, 0) is 31.4 Å². The predicted octanol–water partition coefficient (Wildman–Crippen LogP) is 3.95. The number of benzene rings is 1. The van der Waals surface area contributed by atoms with Crippen LogP contribution in [0.15, 0.2) is 24.4 Å². The Balaban J connectivity index is 1.88. The molecule has 24 heavy (non-hydrogen) atoms. The van der Waals surface area contributed by atoms with E-state index in [9.17, 15) is 4.39 Å². The lowest BCUT2D eigenvalue weighted by molar-refractivity contribution is 0.00774. The lowest BCUT2D eigenvalue weighted by atomic mass is 10.0. The Morgan fingerprint density at radius 1 is 1.46 bits per heavy atom. The molecular weight excluding hydrogens is 331 g/mol. The van der Waals surface area contributed by atoms with E-state index in [4.69, 9.17) is 26.8 Å². The molecule has 1 aromatic heterocycles. The lowest BCUT2D eigenvalue weighted by Gasteiger charge is -2.25. The quantitative estimate of drug-likeness (QED) is 0.907. The topological polar surface area (TPSA) is 57.4 Å². The molecule has 1 aliphatic rings. The first kappa shape index (κ1) is 17.1. The van der Waals surface area contributed by atoms with Crippen LogP contribution in [0.3, 0.4) is 0 Å². The maximum absolute atomic E-state index is 14.6.